The van der Waals surface area contributed by atoms with E-state index in [0.717, 1.165) is 10.9 Å². The number of benzene rings is 2. The van der Waals surface area contributed by atoms with E-state index in [1.807, 2.05) is 45.0 Å². The van der Waals surface area contributed by atoms with Crippen LogP contribution in [0.5, 0.6) is 0 Å². The highest BCUT2D eigenvalue weighted by Crippen LogP contribution is 2.26. The van der Waals surface area contributed by atoms with Crippen LogP contribution in [0.4, 0.5) is 0 Å². The van der Waals surface area contributed by atoms with E-state index in [1.54, 1.807) is 0 Å². The number of rotatable bonds is 3. The molecule has 2 nitrogen and oxygen atoms in total. The summed E-state index contributed by atoms with van der Waals surface area (Å²) in [6, 6.07) is 14.2. The van der Waals surface area contributed by atoms with Gasteiger partial charge in [0.15, 0.2) is 0 Å². The fourth-order valence-electron chi connectivity index (χ4n) is 1.98. The molecule has 0 heterocycles. The molecule has 1 atom stereocenters. The molecule has 2 heteroatoms. The lowest BCUT2D eigenvalue weighted by molar-refractivity contribution is -0.152. The maximum atomic E-state index is 11.6. The van der Waals surface area contributed by atoms with Gasteiger partial charge in [-0.3, -0.25) is 4.79 Å². The summed E-state index contributed by atoms with van der Waals surface area (Å²) in [6.07, 6.45) is -0.217. The Morgan fingerprint density at radius 2 is 1.67 bits per heavy atom. The molecule has 0 saturated heterocycles. The van der Waals surface area contributed by atoms with Gasteiger partial charge in [-0.15, -0.1) is 0 Å². The Morgan fingerprint density at radius 3 is 2.39 bits per heavy atom. The second-order valence-corrected chi connectivity index (χ2v) is 4.80. The molecule has 18 heavy (non-hydrogen) atoms. The number of carbonyl (C=O) groups excluding carboxylic acids is 1. The molecule has 0 aliphatic carbocycles. The van der Waals surface area contributed by atoms with Crippen molar-refractivity contribution in [1.29, 1.82) is 0 Å². The van der Waals surface area contributed by atoms with Crippen molar-refractivity contribution in [2.75, 3.05) is 0 Å². The van der Waals surface area contributed by atoms with Crippen molar-refractivity contribution in [3.8, 4) is 0 Å². The zero-order chi connectivity index (χ0) is 13.1. The molecule has 0 aliphatic rings. The minimum Gasteiger partial charge on any atom is -0.458 e. The Bertz CT molecular complexity index is 553. The summed E-state index contributed by atoms with van der Waals surface area (Å²) in [5.41, 5.74) is 1.06. The van der Waals surface area contributed by atoms with Gasteiger partial charge in [0.1, 0.15) is 6.10 Å². The predicted octanol–water partition coefficient (Wildman–Crippen LogP) is 4.10. The highest BCUT2D eigenvalue weighted by Gasteiger charge is 2.16. The molecule has 0 amide bonds. The predicted molar refractivity (Wildman–Crippen MR) is 73.3 cm³/mol. The van der Waals surface area contributed by atoms with Crippen molar-refractivity contribution in [1.82, 2.24) is 0 Å². The van der Waals surface area contributed by atoms with Crippen LogP contribution in [-0.2, 0) is 9.53 Å². The molecule has 0 fully saturated rings. The third-order valence-electron chi connectivity index (χ3n) is 3.03. The van der Waals surface area contributed by atoms with Crippen LogP contribution in [0, 0.1) is 5.92 Å². The molecule has 0 aromatic heterocycles. The van der Waals surface area contributed by atoms with Crippen molar-refractivity contribution in [3.63, 3.8) is 0 Å². The third-order valence-corrected chi connectivity index (χ3v) is 3.03. The summed E-state index contributed by atoms with van der Waals surface area (Å²) in [5, 5.41) is 2.31. The Morgan fingerprint density at radius 1 is 1.00 bits per heavy atom. The number of carbonyl (C=O) groups is 1. The van der Waals surface area contributed by atoms with Gasteiger partial charge in [-0.2, -0.15) is 0 Å². The molecule has 2 rings (SSSR count). The van der Waals surface area contributed by atoms with Crippen LogP contribution in [0.3, 0.4) is 0 Å². The van der Waals surface area contributed by atoms with Gasteiger partial charge in [-0.05, 0) is 23.3 Å². The number of hydrogen-bond acceptors (Lipinski definition) is 2. The van der Waals surface area contributed by atoms with Crippen molar-refractivity contribution in [2.45, 2.75) is 26.9 Å². The minimum atomic E-state index is -0.217. The minimum absolute atomic E-state index is 0.0950. The molecule has 2 aromatic carbocycles. The van der Waals surface area contributed by atoms with Gasteiger partial charge in [0.2, 0.25) is 0 Å². The van der Waals surface area contributed by atoms with E-state index < -0.39 is 0 Å². The average molecular weight is 242 g/mol. The van der Waals surface area contributed by atoms with Crippen molar-refractivity contribution in [3.05, 3.63) is 48.0 Å². The van der Waals surface area contributed by atoms with Crippen LogP contribution in [0.25, 0.3) is 10.8 Å². The first-order chi connectivity index (χ1) is 8.59. The van der Waals surface area contributed by atoms with Crippen LogP contribution in [0.1, 0.15) is 32.4 Å². The lowest BCUT2D eigenvalue weighted by Gasteiger charge is -2.17. The highest BCUT2D eigenvalue weighted by molar-refractivity contribution is 5.86. The van der Waals surface area contributed by atoms with Crippen LogP contribution < -0.4 is 0 Å². The molecule has 0 bridgehead atoms. The summed E-state index contributed by atoms with van der Waals surface area (Å²) in [4.78, 5) is 11.6. The first-order valence-electron chi connectivity index (χ1n) is 6.27. The Balaban J connectivity index is 2.33. The van der Waals surface area contributed by atoms with Crippen molar-refractivity contribution >= 4 is 16.7 Å². The average Bonchev–Trinajstić information content (AvgIpc) is 2.37. The molecule has 0 spiro atoms. The Labute approximate surface area is 108 Å². The quantitative estimate of drug-likeness (QED) is 0.757. The normalized spacial score (nSPS) is 12.7. The molecule has 94 valence electrons. The van der Waals surface area contributed by atoms with Crippen LogP contribution in [0.15, 0.2) is 42.5 Å². The number of hydrogen-bond donors (Lipinski definition) is 0. The van der Waals surface area contributed by atoms with Crippen LogP contribution >= 0.6 is 0 Å². The van der Waals surface area contributed by atoms with E-state index >= 15 is 0 Å². The summed E-state index contributed by atoms with van der Waals surface area (Å²) >= 11 is 0. The van der Waals surface area contributed by atoms with Gasteiger partial charge in [-0.1, -0.05) is 56.3 Å². The first-order valence-corrected chi connectivity index (χ1v) is 6.27. The van der Waals surface area contributed by atoms with Gasteiger partial charge in [-0.25, -0.2) is 0 Å². The number of ether oxygens (including phenoxy) is 1. The molecule has 0 saturated carbocycles. The fraction of sp³-hybridized carbons (Fsp3) is 0.312. The van der Waals surface area contributed by atoms with E-state index in [4.69, 9.17) is 4.74 Å². The zero-order valence-electron chi connectivity index (χ0n) is 11.0. The zero-order valence-corrected chi connectivity index (χ0v) is 11.0. The lowest BCUT2D eigenvalue weighted by Crippen LogP contribution is -2.14. The monoisotopic (exact) mass is 242 g/mol. The lowest BCUT2D eigenvalue weighted by atomic mass is 10.0. The number of esters is 1. The summed E-state index contributed by atoms with van der Waals surface area (Å²) in [5.74, 6) is -0.252. The van der Waals surface area contributed by atoms with Crippen LogP contribution in [-0.4, -0.2) is 5.97 Å². The maximum absolute atomic E-state index is 11.6. The van der Waals surface area contributed by atoms with Gasteiger partial charge >= 0.3 is 5.97 Å². The Hall–Kier alpha value is -1.83. The molecule has 2 aromatic rings. The van der Waals surface area contributed by atoms with Crippen molar-refractivity contribution in [2.24, 2.45) is 5.92 Å². The topological polar surface area (TPSA) is 26.3 Å². The van der Waals surface area contributed by atoms with E-state index in [9.17, 15) is 4.79 Å². The molecular formula is C16H18O2. The van der Waals surface area contributed by atoms with E-state index in [2.05, 4.69) is 18.2 Å². The van der Waals surface area contributed by atoms with Crippen molar-refractivity contribution < 1.29 is 9.53 Å². The second-order valence-electron chi connectivity index (χ2n) is 4.80. The summed E-state index contributed by atoms with van der Waals surface area (Å²) in [7, 11) is 0. The summed E-state index contributed by atoms with van der Waals surface area (Å²) in [6.45, 7) is 5.61. The van der Waals surface area contributed by atoms with Gasteiger partial charge in [0.05, 0.1) is 5.92 Å². The second kappa shape index (κ2) is 5.21. The van der Waals surface area contributed by atoms with Crippen LogP contribution in [0.2, 0.25) is 0 Å². The molecule has 0 radical (unpaired) electrons. The standard InChI is InChI=1S/C16H18O2/c1-11(2)16(17)18-12(3)14-10-6-8-13-7-4-5-9-15(13)14/h4-12H,1-3H3. The van der Waals surface area contributed by atoms with E-state index in [0.29, 0.717) is 0 Å². The van der Waals surface area contributed by atoms with E-state index in [1.165, 1.54) is 5.39 Å². The molecule has 0 N–H and O–H groups in total. The maximum Gasteiger partial charge on any atom is 0.308 e. The molecular weight excluding hydrogens is 224 g/mol. The summed E-state index contributed by atoms with van der Waals surface area (Å²) < 4.78 is 5.47. The highest BCUT2D eigenvalue weighted by atomic mass is 16.5. The third kappa shape index (κ3) is 2.53. The first kappa shape index (κ1) is 12.6. The number of fused-ring (bicyclic) bond motifs is 1. The molecule has 0 aliphatic heterocycles. The SMILES string of the molecule is CC(C)C(=O)OC(C)c1cccc2ccccc12. The molecule has 1 unspecified atom stereocenters. The largest absolute Gasteiger partial charge is 0.458 e. The van der Waals surface area contributed by atoms with Gasteiger partial charge in [0, 0.05) is 0 Å². The fourth-order valence-corrected chi connectivity index (χ4v) is 1.98. The van der Waals surface area contributed by atoms with Gasteiger partial charge in [0.25, 0.3) is 0 Å². The smallest absolute Gasteiger partial charge is 0.308 e. The van der Waals surface area contributed by atoms with Gasteiger partial charge < -0.3 is 4.74 Å². The Kier molecular flexibility index (Phi) is 3.66. The van der Waals surface area contributed by atoms with E-state index in [-0.39, 0.29) is 18.0 Å².